The maximum atomic E-state index is 14.0. The van der Waals surface area contributed by atoms with Crippen LogP contribution in [0, 0.1) is 12.7 Å². The van der Waals surface area contributed by atoms with E-state index in [2.05, 4.69) is 0 Å². The van der Waals surface area contributed by atoms with Crippen LogP contribution in [-0.4, -0.2) is 48.3 Å². The molecule has 0 saturated carbocycles. The van der Waals surface area contributed by atoms with E-state index < -0.39 is 0 Å². The summed E-state index contributed by atoms with van der Waals surface area (Å²) in [5.41, 5.74) is 0.634. The molecule has 2 rings (SSSR count). The molecule has 0 saturated heterocycles. The molecule has 0 bridgehead atoms. The van der Waals surface area contributed by atoms with E-state index in [9.17, 15) is 14.0 Å². The molecule has 2 amide bonds. The third kappa shape index (κ3) is 3.37. The minimum atomic E-state index is -0.322. The van der Waals surface area contributed by atoms with E-state index in [1.807, 2.05) is 13.8 Å². The summed E-state index contributed by atoms with van der Waals surface area (Å²) in [6.45, 7) is 6.81. The molecule has 0 fully saturated rings. The SMILES string of the molecule is CCN(CC)C(=O)CN(C)C(=O)c1sc2cccc(F)c2c1C. The molecule has 0 aliphatic heterocycles. The Hall–Kier alpha value is -1.95. The Kier molecular flexibility index (Phi) is 5.36. The molecule has 6 heteroatoms. The van der Waals surface area contributed by atoms with E-state index >= 15 is 0 Å². The van der Waals surface area contributed by atoms with E-state index in [1.165, 1.54) is 22.3 Å². The van der Waals surface area contributed by atoms with Crippen LogP contribution in [0.4, 0.5) is 4.39 Å². The summed E-state index contributed by atoms with van der Waals surface area (Å²) in [5.74, 6) is -0.656. The van der Waals surface area contributed by atoms with Gasteiger partial charge in [0.05, 0.1) is 11.4 Å². The molecular formula is C17H21FN2O2S. The van der Waals surface area contributed by atoms with E-state index in [1.54, 1.807) is 31.0 Å². The predicted octanol–water partition coefficient (Wildman–Crippen LogP) is 3.29. The van der Waals surface area contributed by atoms with Crippen LogP contribution >= 0.6 is 11.3 Å². The normalized spacial score (nSPS) is 10.8. The number of fused-ring (bicyclic) bond motifs is 1. The summed E-state index contributed by atoms with van der Waals surface area (Å²) in [6, 6.07) is 4.83. The number of carbonyl (C=O) groups excluding carboxylic acids is 2. The molecule has 1 aromatic heterocycles. The van der Waals surface area contributed by atoms with Crippen LogP contribution in [0.5, 0.6) is 0 Å². The number of amides is 2. The lowest BCUT2D eigenvalue weighted by atomic mass is 10.1. The zero-order valence-corrected chi connectivity index (χ0v) is 14.7. The summed E-state index contributed by atoms with van der Waals surface area (Å²) in [7, 11) is 1.60. The van der Waals surface area contributed by atoms with Crippen molar-refractivity contribution in [3.05, 3.63) is 34.5 Å². The van der Waals surface area contributed by atoms with Crippen molar-refractivity contribution in [2.24, 2.45) is 0 Å². The van der Waals surface area contributed by atoms with Crippen LogP contribution in [0.3, 0.4) is 0 Å². The zero-order valence-electron chi connectivity index (χ0n) is 13.9. The zero-order chi connectivity index (χ0) is 17.1. The molecule has 0 spiro atoms. The van der Waals surface area contributed by atoms with Gasteiger partial charge in [-0.3, -0.25) is 9.59 Å². The van der Waals surface area contributed by atoms with Crippen LogP contribution in [0.1, 0.15) is 29.1 Å². The van der Waals surface area contributed by atoms with Crippen LogP contribution in [-0.2, 0) is 4.79 Å². The maximum Gasteiger partial charge on any atom is 0.264 e. The van der Waals surface area contributed by atoms with Crippen molar-refractivity contribution < 1.29 is 14.0 Å². The summed E-state index contributed by atoms with van der Waals surface area (Å²) in [6.07, 6.45) is 0. The quantitative estimate of drug-likeness (QED) is 0.841. The summed E-state index contributed by atoms with van der Waals surface area (Å²) in [5, 5.41) is 0.490. The molecule has 1 aromatic carbocycles. The Bertz CT molecular complexity index is 738. The lowest BCUT2D eigenvalue weighted by molar-refractivity contribution is -0.131. The average molecular weight is 336 g/mol. The van der Waals surface area contributed by atoms with E-state index in [0.717, 1.165) is 4.70 Å². The van der Waals surface area contributed by atoms with Gasteiger partial charge in [0.25, 0.3) is 5.91 Å². The second-order valence-corrected chi connectivity index (χ2v) is 6.45. The fraction of sp³-hybridized carbons (Fsp3) is 0.412. The first kappa shape index (κ1) is 17.4. The maximum absolute atomic E-state index is 14.0. The second-order valence-electron chi connectivity index (χ2n) is 5.40. The lowest BCUT2D eigenvalue weighted by Gasteiger charge is -2.23. The van der Waals surface area contributed by atoms with Crippen LogP contribution in [0.25, 0.3) is 10.1 Å². The van der Waals surface area contributed by atoms with Gasteiger partial charge in [0.1, 0.15) is 5.82 Å². The summed E-state index contributed by atoms with van der Waals surface area (Å²) in [4.78, 5) is 28.3. The Morgan fingerprint density at radius 1 is 1.22 bits per heavy atom. The Morgan fingerprint density at radius 2 is 1.87 bits per heavy atom. The highest BCUT2D eigenvalue weighted by Gasteiger charge is 2.23. The van der Waals surface area contributed by atoms with Gasteiger partial charge < -0.3 is 9.80 Å². The molecule has 0 aliphatic rings. The number of aryl methyl sites for hydroxylation is 1. The Balaban J connectivity index is 2.25. The first-order valence-corrected chi connectivity index (χ1v) is 8.43. The average Bonchev–Trinajstić information content (AvgIpc) is 2.86. The monoisotopic (exact) mass is 336 g/mol. The van der Waals surface area contributed by atoms with Gasteiger partial charge in [-0.2, -0.15) is 0 Å². The first-order chi connectivity index (χ1) is 10.9. The molecule has 2 aromatic rings. The fourth-order valence-electron chi connectivity index (χ4n) is 2.58. The number of benzene rings is 1. The molecule has 0 unspecified atom stereocenters. The van der Waals surface area contributed by atoms with Crippen molar-refractivity contribution >= 4 is 33.2 Å². The molecule has 0 N–H and O–H groups in total. The first-order valence-electron chi connectivity index (χ1n) is 7.61. The molecule has 124 valence electrons. The third-order valence-corrected chi connectivity index (χ3v) is 5.18. The number of hydrogen-bond acceptors (Lipinski definition) is 3. The highest BCUT2D eigenvalue weighted by Crippen LogP contribution is 2.33. The minimum Gasteiger partial charge on any atom is -0.342 e. The fourth-order valence-corrected chi connectivity index (χ4v) is 3.80. The van der Waals surface area contributed by atoms with E-state index in [0.29, 0.717) is 28.9 Å². The number of likely N-dealkylation sites (N-methyl/N-ethyl adjacent to an activating group) is 2. The number of hydrogen-bond donors (Lipinski definition) is 0. The van der Waals surface area contributed by atoms with Gasteiger partial charge in [-0.25, -0.2) is 4.39 Å². The smallest absolute Gasteiger partial charge is 0.264 e. The number of nitrogens with zero attached hydrogens (tertiary/aromatic N) is 2. The van der Waals surface area contributed by atoms with Gasteiger partial charge >= 0.3 is 0 Å². The van der Waals surface area contributed by atoms with Crippen molar-refractivity contribution in [3.8, 4) is 0 Å². The van der Waals surface area contributed by atoms with Gasteiger partial charge in [-0.1, -0.05) is 6.07 Å². The van der Waals surface area contributed by atoms with Gasteiger partial charge in [0, 0.05) is 30.2 Å². The van der Waals surface area contributed by atoms with Crippen LogP contribution < -0.4 is 0 Å². The standard InChI is InChI=1S/C17H21FN2O2S/c1-5-20(6-2)14(21)10-19(4)17(22)16-11(3)15-12(18)8-7-9-13(15)23-16/h7-9H,5-6,10H2,1-4H3. The lowest BCUT2D eigenvalue weighted by Crippen LogP contribution is -2.40. The van der Waals surface area contributed by atoms with Crippen molar-refractivity contribution in [2.45, 2.75) is 20.8 Å². The van der Waals surface area contributed by atoms with E-state index in [4.69, 9.17) is 0 Å². The van der Waals surface area contributed by atoms with Crippen molar-refractivity contribution in [2.75, 3.05) is 26.7 Å². The van der Waals surface area contributed by atoms with Crippen molar-refractivity contribution in [1.29, 1.82) is 0 Å². The topological polar surface area (TPSA) is 40.6 Å². The predicted molar refractivity (Wildman–Crippen MR) is 91.4 cm³/mol. The Labute approximate surface area is 139 Å². The molecule has 4 nitrogen and oxygen atoms in total. The summed E-state index contributed by atoms with van der Waals surface area (Å²) >= 11 is 1.27. The van der Waals surface area contributed by atoms with Gasteiger partial charge in [0.2, 0.25) is 5.91 Å². The number of halogens is 1. The van der Waals surface area contributed by atoms with Crippen LogP contribution in [0.15, 0.2) is 18.2 Å². The third-order valence-electron chi connectivity index (χ3n) is 3.93. The molecule has 23 heavy (non-hydrogen) atoms. The van der Waals surface area contributed by atoms with Gasteiger partial charge in [-0.05, 0) is 38.5 Å². The molecular weight excluding hydrogens is 315 g/mol. The molecule has 0 atom stereocenters. The molecule has 1 heterocycles. The highest BCUT2D eigenvalue weighted by atomic mass is 32.1. The molecule has 0 radical (unpaired) electrons. The summed E-state index contributed by atoms with van der Waals surface area (Å²) < 4.78 is 14.7. The Morgan fingerprint density at radius 3 is 2.43 bits per heavy atom. The van der Waals surface area contributed by atoms with Crippen molar-refractivity contribution in [3.63, 3.8) is 0 Å². The largest absolute Gasteiger partial charge is 0.342 e. The van der Waals surface area contributed by atoms with Gasteiger partial charge in [0.15, 0.2) is 0 Å². The highest BCUT2D eigenvalue weighted by molar-refractivity contribution is 7.21. The van der Waals surface area contributed by atoms with Crippen LogP contribution in [0.2, 0.25) is 0 Å². The minimum absolute atomic E-state index is 0.0245. The number of carbonyl (C=O) groups is 2. The van der Waals surface area contributed by atoms with E-state index in [-0.39, 0.29) is 24.2 Å². The number of rotatable bonds is 5. The molecule has 0 aliphatic carbocycles. The van der Waals surface area contributed by atoms with Gasteiger partial charge in [-0.15, -0.1) is 11.3 Å². The van der Waals surface area contributed by atoms with Crippen molar-refractivity contribution in [1.82, 2.24) is 9.80 Å². The number of thiophene rings is 1. The second kappa shape index (κ2) is 7.08.